The third-order valence-corrected chi connectivity index (χ3v) is 5.71. The van der Waals surface area contributed by atoms with Crippen molar-refractivity contribution in [1.82, 2.24) is 4.57 Å². The molecule has 0 amide bonds. The van der Waals surface area contributed by atoms with Gasteiger partial charge in [-0.1, -0.05) is 85.3 Å². The molecule has 2 aromatic carbocycles. The van der Waals surface area contributed by atoms with Crippen molar-refractivity contribution in [3.63, 3.8) is 0 Å². The lowest BCUT2D eigenvalue weighted by Gasteiger charge is -2.11. The molecule has 0 spiro atoms. The Morgan fingerprint density at radius 1 is 0.960 bits per heavy atom. The Kier molecular flexibility index (Phi) is 4.84. The third-order valence-electron chi connectivity index (χ3n) is 4.57. The van der Waals surface area contributed by atoms with Crippen molar-refractivity contribution in [2.75, 3.05) is 0 Å². The van der Waals surface area contributed by atoms with E-state index in [-0.39, 0.29) is 0 Å². The highest BCUT2D eigenvalue weighted by Crippen LogP contribution is 2.35. The summed E-state index contributed by atoms with van der Waals surface area (Å²) < 4.78 is 2.46. The van der Waals surface area contributed by atoms with Crippen LogP contribution in [-0.2, 0) is 6.54 Å². The van der Waals surface area contributed by atoms with Gasteiger partial charge in [-0.05, 0) is 30.4 Å². The van der Waals surface area contributed by atoms with Crippen molar-refractivity contribution in [3.05, 3.63) is 65.5 Å². The molecule has 0 aliphatic heterocycles. The Morgan fingerprint density at radius 3 is 2.20 bits per heavy atom. The second kappa shape index (κ2) is 7.40. The predicted molar refractivity (Wildman–Crippen MR) is 107 cm³/mol. The summed E-state index contributed by atoms with van der Waals surface area (Å²) in [4.78, 5) is 7.56. The number of rotatable bonds is 6. The van der Waals surface area contributed by atoms with Gasteiger partial charge in [-0.3, -0.25) is 4.99 Å². The average Bonchev–Trinajstić information content (AvgIpc) is 3.41. The van der Waals surface area contributed by atoms with Crippen molar-refractivity contribution >= 4 is 11.3 Å². The van der Waals surface area contributed by atoms with E-state index in [4.69, 9.17) is 4.99 Å². The number of nitrogens with zero attached hydrogens (tertiary/aromatic N) is 2. The van der Waals surface area contributed by atoms with E-state index in [2.05, 4.69) is 72.2 Å². The maximum Gasteiger partial charge on any atom is 0.186 e. The summed E-state index contributed by atoms with van der Waals surface area (Å²) in [6, 6.07) is 22.1. The lowest BCUT2D eigenvalue weighted by molar-refractivity contribution is 0.619. The van der Waals surface area contributed by atoms with Crippen molar-refractivity contribution in [1.29, 1.82) is 0 Å². The lowest BCUT2D eigenvalue weighted by atomic mass is 10.1. The highest BCUT2D eigenvalue weighted by atomic mass is 32.1. The molecule has 1 saturated carbocycles. The van der Waals surface area contributed by atoms with Gasteiger partial charge in [0.05, 0.1) is 16.6 Å². The summed E-state index contributed by atoms with van der Waals surface area (Å²) in [7, 11) is 0. The van der Waals surface area contributed by atoms with Crippen LogP contribution in [0.15, 0.2) is 65.7 Å². The largest absolute Gasteiger partial charge is 0.316 e. The van der Waals surface area contributed by atoms with Crippen LogP contribution in [0.3, 0.4) is 0 Å². The molecule has 0 bridgehead atoms. The van der Waals surface area contributed by atoms with Gasteiger partial charge in [0, 0.05) is 6.54 Å². The van der Waals surface area contributed by atoms with Crippen LogP contribution < -0.4 is 4.80 Å². The highest BCUT2D eigenvalue weighted by Gasteiger charge is 2.22. The van der Waals surface area contributed by atoms with Crippen LogP contribution in [0.2, 0.25) is 0 Å². The average molecular weight is 349 g/mol. The predicted octanol–water partition coefficient (Wildman–Crippen LogP) is 5.75. The van der Waals surface area contributed by atoms with Crippen molar-refractivity contribution in [3.8, 4) is 21.7 Å². The molecule has 1 aliphatic carbocycles. The Morgan fingerprint density at radius 2 is 1.60 bits per heavy atom. The summed E-state index contributed by atoms with van der Waals surface area (Å²) in [6.07, 6.45) is 4.86. The monoisotopic (exact) mass is 348 g/mol. The number of hydrogen-bond donors (Lipinski definition) is 0. The standard InChI is InChI=1S/C22H24N2S/c1-2-3-16-24-20(17-10-6-4-7-11-17)21(18-12-8-5-9-13-18)25-22(24)23-19-14-15-19/h4-13,19H,2-3,14-16H2,1H3. The first-order chi connectivity index (χ1) is 12.4. The maximum absolute atomic E-state index is 5.04. The van der Waals surface area contributed by atoms with E-state index in [1.807, 2.05) is 11.3 Å². The topological polar surface area (TPSA) is 17.3 Å². The minimum absolute atomic E-state index is 0.541. The molecule has 0 unspecified atom stereocenters. The summed E-state index contributed by atoms with van der Waals surface area (Å²) >= 11 is 1.85. The van der Waals surface area contributed by atoms with Crippen molar-refractivity contribution in [2.24, 2.45) is 4.99 Å². The summed E-state index contributed by atoms with van der Waals surface area (Å²) in [5, 5.41) is 0. The number of thiazole rings is 1. The molecule has 0 radical (unpaired) electrons. The molecule has 2 nitrogen and oxygen atoms in total. The smallest absolute Gasteiger partial charge is 0.186 e. The quantitative estimate of drug-likeness (QED) is 0.540. The molecule has 1 fully saturated rings. The van der Waals surface area contributed by atoms with E-state index < -0.39 is 0 Å². The fourth-order valence-corrected chi connectivity index (χ4v) is 4.32. The molecular weight excluding hydrogens is 324 g/mol. The van der Waals surface area contributed by atoms with E-state index in [9.17, 15) is 0 Å². The van der Waals surface area contributed by atoms with Crippen LogP contribution >= 0.6 is 11.3 Å². The van der Waals surface area contributed by atoms with Crippen LogP contribution in [0.4, 0.5) is 0 Å². The fourth-order valence-electron chi connectivity index (χ4n) is 3.06. The SMILES string of the molecule is CCCCn1c(-c2ccccc2)c(-c2ccccc2)sc1=NC1CC1. The normalized spacial score (nSPS) is 14.8. The van der Waals surface area contributed by atoms with Crippen LogP contribution in [0.5, 0.6) is 0 Å². The van der Waals surface area contributed by atoms with E-state index in [1.54, 1.807) is 0 Å². The minimum atomic E-state index is 0.541. The zero-order valence-electron chi connectivity index (χ0n) is 14.7. The summed E-state index contributed by atoms with van der Waals surface area (Å²) in [6.45, 7) is 3.29. The molecular formula is C22H24N2S. The van der Waals surface area contributed by atoms with Gasteiger partial charge in [-0.25, -0.2) is 0 Å². The van der Waals surface area contributed by atoms with E-state index in [0.717, 1.165) is 6.54 Å². The van der Waals surface area contributed by atoms with Crippen LogP contribution in [-0.4, -0.2) is 10.6 Å². The number of hydrogen-bond acceptors (Lipinski definition) is 2. The lowest BCUT2D eigenvalue weighted by Crippen LogP contribution is -2.17. The minimum Gasteiger partial charge on any atom is -0.316 e. The van der Waals surface area contributed by atoms with E-state index >= 15 is 0 Å². The van der Waals surface area contributed by atoms with Gasteiger partial charge in [0.25, 0.3) is 0 Å². The molecule has 25 heavy (non-hydrogen) atoms. The Bertz CT molecular complexity index is 887. The molecule has 0 saturated heterocycles. The number of aromatic nitrogens is 1. The van der Waals surface area contributed by atoms with Crippen molar-refractivity contribution in [2.45, 2.75) is 45.2 Å². The number of unbranched alkanes of at least 4 members (excludes halogenated alkanes) is 1. The van der Waals surface area contributed by atoms with Gasteiger partial charge in [0.1, 0.15) is 0 Å². The number of benzene rings is 2. The Balaban J connectivity index is 1.95. The second-order valence-electron chi connectivity index (χ2n) is 6.66. The van der Waals surface area contributed by atoms with Gasteiger partial charge < -0.3 is 4.57 Å². The van der Waals surface area contributed by atoms with Gasteiger partial charge in [-0.2, -0.15) is 0 Å². The van der Waals surface area contributed by atoms with Gasteiger partial charge in [-0.15, -0.1) is 0 Å². The van der Waals surface area contributed by atoms with Crippen molar-refractivity contribution < 1.29 is 0 Å². The van der Waals surface area contributed by atoms with Gasteiger partial charge >= 0.3 is 0 Å². The fraction of sp³-hybridized carbons (Fsp3) is 0.318. The van der Waals surface area contributed by atoms with Crippen LogP contribution in [0.25, 0.3) is 21.7 Å². The first-order valence-electron chi connectivity index (χ1n) is 9.25. The summed E-state index contributed by atoms with van der Waals surface area (Å²) in [5.74, 6) is 0. The molecule has 3 aromatic rings. The molecule has 0 N–H and O–H groups in total. The van der Waals surface area contributed by atoms with Gasteiger partial charge in [0.2, 0.25) is 0 Å². The van der Waals surface area contributed by atoms with Crippen LogP contribution in [0.1, 0.15) is 32.6 Å². The zero-order chi connectivity index (χ0) is 17.1. The molecule has 1 aliphatic rings. The third kappa shape index (κ3) is 3.62. The Hall–Kier alpha value is -2.13. The molecule has 1 heterocycles. The Labute approximate surface area is 153 Å². The molecule has 1 aromatic heterocycles. The second-order valence-corrected chi connectivity index (χ2v) is 7.64. The first kappa shape index (κ1) is 16.3. The molecule has 0 atom stereocenters. The molecule has 3 heteroatoms. The van der Waals surface area contributed by atoms with Gasteiger partial charge in [0.15, 0.2) is 4.80 Å². The molecule has 128 valence electrons. The molecule has 4 rings (SSSR count). The maximum atomic E-state index is 5.04. The van der Waals surface area contributed by atoms with E-state index in [0.29, 0.717) is 6.04 Å². The van der Waals surface area contributed by atoms with Crippen LogP contribution in [0, 0.1) is 0 Å². The summed E-state index contributed by atoms with van der Waals surface area (Å²) in [5.41, 5.74) is 3.89. The van der Waals surface area contributed by atoms with E-state index in [1.165, 1.54) is 52.2 Å². The zero-order valence-corrected chi connectivity index (χ0v) is 15.5. The highest BCUT2D eigenvalue weighted by molar-refractivity contribution is 7.13. The first-order valence-corrected chi connectivity index (χ1v) is 10.1.